The van der Waals surface area contributed by atoms with E-state index in [0.29, 0.717) is 18.0 Å². The molecule has 0 bridgehead atoms. The van der Waals surface area contributed by atoms with Crippen LogP contribution in [0.3, 0.4) is 0 Å². The molecule has 0 saturated heterocycles. The van der Waals surface area contributed by atoms with Gasteiger partial charge in [0.15, 0.2) is 0 Å². The lowest BCUT2D eigenvalue weighted by atomic mass is 10.2. The van der Waals surface area contributed by atoms with Gasteiger partial charge >= 0.3 is 6.61 Å². The number of rotatable bonds is 7. The molecule has 102 valence electrons. The monoisotopic (exact) mass is 261 g/mol. The van der Waals surface area contributed by atoms with Crippen LogP contribution in [0.5, 0.6) is 11.5 Å². The third kappa shape index (κ3) is 4.37. The third-order valence-electron chi connectivity index (χ3n) is 2.22. The number of benzene rings is 1. The van der Waals surface area contributed by atoms with Gasteiger partial charge in [0.25, 0.3) is 0 Å². The van der Waals surface area contributed by atoms with Crippen molar-refractivity contribution in [1.82, 2.24) is 0 Å². The van der Waals surface area contributed by atoms with Crippen LogP contribution < -0.4 is 14.8 Å². The lowest BCUT2D eigenvalue weighted by Crippen LogP contribution is -2.21. The Kier molecular flexibility index (Phi) is 5.64. The zero-order valence-corrected chi connectivity index (χ0v) is 10.6. The molecular formula is C12H17F2NO3. The highest BCUT2D eigenvalue weighted by atomic mass is 19.3. The molecule has 1 aromatic rings. The predicted molar refractivity (Wildman–Crippen MR) is 64.6 cm³/mol. The van der Waals surface area contributed by atoms with Crippen molar-refractivity contribution in [3.63, 3.8) is 0 Å². The zero-order chi connectivity index (χ0) is 13.5. The van der Waals surface area contributed by atoms with Crippen LogP contribution in [0.2, 0.25) is 0 Å². The second-order valence-electron chi connectivity index (χ2n) is 3.74. The molecule has 1 unspecified atom stereocenters. The van der Waals surface area contributed by atoms with Gasteiger partial charge in [-0.3, -0.25) is 0 Å². The summed E-state index contributed by atoms with van der Waals surface area (Å²) in [7, 11) is 3.08. The number of anilines is 1. The molecule has 0 spiro atoms. The summed E-state index contributed by atoms with van der Waals surface area (Å²) in [5.41, 5.74) is 0.444. The summed E-state index contributed by atoms with van der Waals surface area (Å²) in [4.78, 5) is 0. The van der Waals surface area contributed by atoms with Gasteiger partial charge in [-0.1, -0.05) is 0 Å². The minimum atomic E-state index is -2.86. The zero-order valence-electron chi connectivity index (χ0n) is 10.6. The number of halogens is 2. The molecule has 0 saturated carbocycles. The fourth-order valence-electron chi connectivity index (χ4n) is 1.50. The van der Waals surface area contributed by atoms with Crippen molar-refractivity contribution in [3.05, 3.63) is 18.2 Å². The normalized spacial score (nSPS) is 12.3. The van der Waals surface area contributed by atoms with Crippen LogP contribution in [-0.4, -0.2) is 33.5 Å². The van der Waals surface area contributed by atoms with Gasteiger partial charge in [-0.2, -0.15) is 8.78 Å². The summed E-state index contributed by atoms with van der Waals surface area (Å²) in [5.74, 6) is 0.637. The molecule has 0 aliphatic carbocycles. The van der Waals surface area contributed by atoms with Gasteiger partial charge in [-0.05, 0) is 19.1 Å². The fraction of sp³-hybridized carbons (Fsp3) is 0.500. The molecule has 18 heavy (non-hydrogen) atoms. The van der Waals surface area contributed by atoms with Crippen LogP contribution in [0.15, 0.2) is 18.2 Å². The Bertz CT molecular complexity index is 374. The van der Waals surface area contributed by atoms with Crippen molar-refractivity contribution in [2.75, 3.05) is 26.1 Å². The van der Waals surface area contributed by atoms with E-state index in [-0.39, 0.29) is 11.8 Å². The molecule has 0 amide bonds. The van der Waals surface area contributed by atoms with Gasteiger partial charge < -0.3 is 19.5 Å². The quantitative estimate of drug-likeness (QED) is 0.819. The van der Waals surface area contributed by atoms with Crippen molar-refractivity contribution < 1.29 is 23.0 Å². The van der Waals surface area contributed by atoms with E-state index in [2.05, 4.69) is 10.1 Å². The molecular weight excluding hydrogens is 244 g/mol. The highest BCUT2D eigenvalue weighted by Crippen LogP contribution is 2.30. The second-order valence-corrected chi connectivity index (χ2v) is 3.74. The first kappa shape index (κ1) is 14.5. The van der Waals surface area contributed by atoms with E-state index in [4.69, 9.17) is 9.47 Å². The van der Waals surface area contributed by atoms with E-state index in [1.54, 1.807) is 19.2 Å². The van der Waals surface area contributed by atoms with Gasteiger partial charge in [-0.25, -0.2) is 0 Å². The van der Waals surface area contributed by atoms with Crippen LogP contribution in [0.1, 0.15) is 6.92 Å². The van der Waals surface area contributed by atoms with Gasteiger partial charge in [-0.15, -0.1) is 0 Å². The van der Waals surface area contributed by atoms with Gasteiger partial charge in [0, 0.05) is 19.2 Å². The van der Waals surface area contributed by atoms with Crippen LogP contribution in [0.25, 0.3) is 0 Å². The number of methoxy groups -OCH3 is 2. The summed E-state index contributed by atoms with van der Waals surface area (Å²) in [6.45, 7) is -0.544. The number of ether oxygens (including phenoxy) is 3. The molecule has 0 aliphatic rings. The van der Waals surface area contributed by atoms with E-state index in [9.17, 15) is 8.78 Å². The lowest BCUT2D eigenvalue weighted by molar-refractivity contribution is -0.0494. The minimum Gasteiger partial charge on any atom is -0.497 e. The third-order valence-corrected chi connectivity index (χ3v) is 2.22. The molecule has 1 rings (SSSR count). The molecule has 1 aromatic carbocycles. The summed E-state index contributed by atoms with van der Waals surface area (Å²) in [5, 5.41) is 3.03. The Morgan fingerprint density at radius 3 is 2.56 bits per heavy atom. The topological polar surface area (TPSA) is 39.7 Å². The molecule has 0 heterocycles. The number of nitrogens with one attached hydrogen (secondary N) is 1. The van der Waals surface area contributed by atoms with Crippen molar-refractivity contribution in [2.24, 2.45) is 0 Å². The average Bonchev–Trinajstić information content (AvgIpc) is 2.31. The summed E-state index contributed by atoms with van der Waals surface area (Å²) >= 11 is 0. The van der Waals surface area contributed by atoms with Gasteiger partial charge in [0.1, 0.15) is 11.5 Å². The Labute approximate surface area is 105 Å². The van der Waals surface area contributed by atoms with Crippen LogP contribution >= 0.6 is 0 Å². The predicted octanol–water partition coefficient (Wildman–Crippen LogP) is 2.74. The van der Waals surface area contributed by atoms with E-state index in [1.165, 1.54) is 13.2 Å². The van der Waals surface area contributed by atoms with Gasteiger partial charge in [0.2, 0.25) is 0 Å². The highest BCUT2D eigenvalue weighted by Gasteiger charge is 2.12. The first-order valence-corrected chi connectivity index (χ1v) is 5.45. The molecule has 1 N–H and O–H groups in total. The van der Waals surface area contributed by atoms with Crippen molar-refractivity contribution in [1.29, 1.82) is 0 Å². The smallest absolute Gasteiger partial charge is 0.387 e. The van der Waals surface area contributed by atoms with E-state index < -0.39 is 6.61 Å². The molecule has 0 aromatic heterocycles. The number of hydrogen-bond donors (Lipinski definition) is 1. The van der Waals surface area contributed by atoms with Crippen LogP contribution in [0, 0.1) is 0 Å². The standard InChI is InChI=1S/C12H17F2NO3/c1-8(7-16-2)15-10-6-9(17-3)4-5-11(10)18-12(13)14/h4-6,8,12,15H,7H2,1-3H3. The average molecular weight is 261 g/mol. The Hall–Kier alpha value is -1.56. The summed E-state index contributed by atoms with van der Waals surface area (Å²) < 4.78 is 39.0. The van der Waals surface area contributed by atoms with Crippen LogP contribution in [-0.2, 0) is 4.74 Å². The fourth-order valence-corrected chi connectivity index (χ4v) is 1.50. The maximum absolute atomic E-state index is 12.3. The first-order valence-electron chi connectivity index (χ1n) is 5.45. The van der Waals surface area contributed by atoms with Crippen LogP contribution in [0.4, 0.5) is 14.5 Å². The molecule has 6 heteroatoms. The molecule has 1 atom stereocenters. The summed E-state index contributed by atoms with van der Waals surface area (Å²) in [6.07, 6.45) is 0. The second kappa shape index (κ2) is 7.00. The van der Waals surface area contributed by atoms with E-state index in [1.807, 2.05) is 6.92 Å². The van der Waals surface area contributed by atoms with Gasteiger partial charge in [0.05, 0.1) is 19.4 Å². The Balaban J connectivity index is 2.88. The SMILES string of the molecule is COCC(C)Nc1cc(OC)ccc1OC(F)F. The molecule has 0 fully saturated rings. The molecule has 4 nitrogen and oxygen atoms in total. The Morgan fingerprint density at radius 2 is 2.00 bits per heavy atom. The molecule has 0 aliphatic heterocycles. The maximum atomic E-state index is 12.3. The van der Waals surface area contributed by atoms with E-state index >= 15 is 0 Å². The maximum Gasteiger partial charge on any atom is 0.387 e. The summed E-state index contributed by atoms with van der Waals surface area (Å²) in [6, 6.07) is 4.56. The molecule has 0 radical (unpaired) electrons. The number of hydrogen-bond acceptors (Lipinski definition) is 4. The van der Waals surface area contributed by atoms with Crippen molar-refractivity contribution >= 4 is 5.69 Å². The largest absolute Gasteiger partial charge is 0.497 e. The van der Waals surface area contributed by atoms with Crippen molar-refractivity contribution in [3.8, 4) is 11.5 Å². The minimum absolute atomic E-state index is 0.0397. The van der Waals surface area contributed by atoms with Crippen molar-refractivity contribution in [2.45, 2.75) is 19.6 Å². The lowest BCUT2D eigenvalue weighted by Gasteiger charge is -2.18. The highest BCUT2D eigenvalue weighted by molar-refractivity contribution is 5.60. The number of alkyl halides is 2. The first-order chi connectivity index (χ1) is 8.56. The Morgan fingerprint density at radius 1 is 1.28 bits per heavy atom. The van der Waals surface area contributed by atoms with E-state index in [0.717, 1.165) is 0 Å².